The van der Waals surface area contributed by atoms with E-state index in [1.165, 1.54) is 26.2 Å². The van der Waals surface area contributed by atoms with E-state index in [1.54, 1.807) is 0 Å². The number of ether oxygens (including phenoxy) is 1. The number of hydrogen-bond acceptors (Lipinski definition) is 6. The third kappa shape index (κ3) is 6.09. The molecule has 1 aliphatic carbocycles. The van der Waals surface area contributed by atoms with Gasteiger partial charge < -0.3 is 25.3 Å². The van der Waals surface area contributed by atoms with Crippen LogP contribution in [0.1, 0.15) is 43.0 Å². The highest BCUT2D eigenvalue weighted by Gasteiger charge is 2.40. The number of carboxylic acids is 1. The number of carbonyl (C=O) groups excluding carboxylic acids is 4. The average Bonchev–Trinajstić information content (AvgIpc) is 3.22. The van der Waals surface area contributed by atoms with Gasteiger partial charge in [0.15, 0.2) is 17.3 Å². The molecule has 0 spiro atoms. The van der Waals surface area contributed by atoms with Crippen molar-refractivity contribution in [2.45, 2.75) is 44.7 Å². The molecular weight excluding hydrogens is 411 g/mol. The van der Waals surface area contributed by atoms with Crippen LogP contribution in [-0.2, 0) is 19.2 Å². The summed E-state index contributed by atoms with van der Waals surface area (Å²) < 4.78 is 18.6. The number of ketones is 1. The monoisotopic (exact) mass is 436 g/mol. The summed E-state index contributed by atoms with van der Waals surface area (Å²) in [5.41, 5.74) is 0.0150. The normalized spacial score (nSPS) is 19.7. The molecule has 2 rings (SSSR count). The largest absolute Gasteiger partial charge is 0.494 e. The molecule has 0 aromatic heterocycles. The van der Waals surface area contributed by atoms with Crippen molar-refractivity contribution in [2.75, 3.05) is 7.11 Å². The van der Waals surface area contributed by atoms with Gasteiger partial charge in [0.2, 0.25) is 5.91 Å². The zero-order valence-corrected chi connectivity index (χ0v) is 17.2. The molecule has 9 nitrogen and oxygen atoms in total. The lowest BCUT2D eigenvalue weighted by Crippen LogP contribution is -2.46. The Morgan fingerprint density at radius 1 is 1.23 bits per heavy atom. The predicted octanol–water partition coefficient (Wildman–Crippen LogP) is 1.10. The fraction of sp³-hybridized carbons (Fsp3) is 0.476. The minimum Gasteiger partial charge on any atom is -0.494 e. The molecule has 0 radical (unpaired) electrons. The van der Waals surface area contributed by atoms with Crippen molar-refractivity contribution in [2.24, 2.45) is 11.8 Å². The van der Waals surface area contributed by atoms with Crippen LogP contribution in [0.2, 0.25) is 0 Å². The minimum absolute atomic E-state index is 0.0150. The lowest BCUT2D eigenvalue weighted by Gasteiger charge is -2.23. The SMILES string of the molecule is COc1ccc(C(=O)NC(C)C(=O)C2CCC[C@H]2C(=O)NC(C=O)CC(=O)O)cc1F. The molecule has 3 N–H and O–H groups in total. The first kappa shape index (κ1) is 24.0. The number of benzene rings is 1. The number of carbonyl (C=O) groups is 5. The maximum atomic E-state index is 13.8. The number of Topliss-reactive ketones (excluding diaryl/α,β-unsaturated/α-hetero) is 1. The van der Waals surface area contributed by atoms with Crippen molar-refractivity contribution in [3.8, 4) is 5.75 Å². The van der Waals surface area contributed by atoms with Crippen LogP contribution in [0.3, 0.4) is 0 Å². The van der Waals surface area contributed by atoms with E-state index in [0.717, 1.165) is 6.07 Å². The van der Waals surface area contributed by atoms with Gasteiger partial charge in [0.25, 0.3) is 5.91 Å². The van der Waals surface area contributed by atoms with E-state index in [-0.39, 0.29) is 17.1 Å². The molecule has 0 aliphatic heterocycles. The van der Waals surface area contributed by atoms with Gasteiger partial charge in [-0.2, -0.15) is 0 Å². The summed E-state index contributed by atoms with van der Waals surface area (Å²) in [6, 6.07) is 1.55. The molecule has 2 amide bonds. The Kier molecular flexibility index (Phi) is 8.23. The van der Waals surface area contributed by atoms with Crippen molar-refractivity contribution in [3.05, 3.63) is 29.6 Å². The molecule has 10 heteroatoms. The highest BCUT2D eigenvalue weighted by molar-refractivity contribution is 5.99. The van der Waals surface area contributed by atoms with Crippen LogP contribution >= 0.6 is 0 Å². The Hall–Kier alpha value is -3.30. The van der Waals surface area contributed by atoms with Crippen molar-refractivity contribution in [3.63, 3.8) is 0 Å². The highest BCUT2D eigenvalue weighted by atomic mass is 19.1. The van der Waals surface area contributed by atoms with Crippen LogP contribution in [0, 0.1) is 17.7 Å². The first-order valence-corrected chi connectivity index (χ1v) is 9.83. The van der Waals surface area contributed by atoms with Gasteiger partial charge in [0, 0.05) is 17.4 Å². The molecule has 31 heavy (non-hydrogen) atoms. The van der Waals surface area contributed by atoms with Gasteiger partial charge >= 0.3 is 5.97 Å². The number of aldehydes is 1. The maximum absolute atomic E-state index is 13.8. The molecule has 1 aromatic carbocycles. The van der Waals surface area contributed by atoms with Crippen LogP contribution in [0.25, 0.3) is 0 Å². The summed E-state index contributed by atoms with van der Waals surface area (Å²) >= 11 is 0. The molecular formula is C21H25FN2O7. The summed E-state index contributed by atoms with van der Waals surface area (Å²) in [7, 11) is 1.30. The average molecular weight is 436 g/mol. The van der Waals surface area contributed by atoms with Gasteiger partial charge in [0.1, 0.15) is 6.29 Å². The number of methoxy groups -OCH3 is 1. The highest BCUT2D eigenvalue weighted by Crippen LogP contribution is 2.33. The van der Waals surface area contributed by atoms with Gasteiger partial charge in [-0.15, -0.1) is 0 Å². The molecule has 0 bridgehead atoms. The van der Waals surface area contributed by atoms with Crippen molar-refractivity contribution < 1.29 is 38.2 Å². The first-order valence-electron chi connectivity index (χ1n) is 9.83. The number of rotatable bonds is 10. The van der Waals surface area contributed by atoms with E-state index >= 15 is 0 Å². The number of carboxylic acid groups (broad SMARTS) is 1. The molecule has 168 valence electrons. The van der Waals surface area contributed by atoms with Gasteiger partial charge in [-0.3, -0.25) is 19.2 Å². The summed E-state index contributed by atoms with van der Waals surface area (Å²) in [6.45, 7) is 1.48. The van der Waals surface area contributed by atoms with Crippen LogP contribution in [0.5, 0.6) is 5.75 Å². The predicted molar refractivity (Wildman–Crippen MR) is 106 cm³/mol. The van der Waals surface area contributed by atoms with E-state index in [9.17, 15) is 28.4 Å². The Balaban J connectivity index is 2.02. The first-order chi connectivity index (χ1) is 14.7. The number of hydrogen-bond donors (Lipinski definition) is 3. The molecule has 0 heterocycles. The molecule has 0 saturated heterocycles. The van der Waals surface area contributed by atoms with E-state index in [1.807, 2.05) is 0 Å². The third-order valence-corrected chi connectivity index (χ3v) is 5.29. The van der Waals surface area contributed by atoms with Crippen LogP contribution in [-0.4, -0.2) is 54.2 Å². The molecule has 1 saturated carbocycles. The van der Waals surface area contributed by atoms with E-state index in [2.05, 4.69) is 10.6 Å². The Bertz CT molecular complexity index is 873. The Labute approximate surface area is 178 Å². The van der Waals surface area contributed by atoms with Crippen molar-refractivity contribution in [1.29, 1.82) is 0 Å². The lowest BCUT2D eigenvalue weighted by atomic mass is 9.88. The smallest absolute Gasteiger partial charge is 0.305 e. The van der Waals surface area contributed by atoms with Gasteiger partial charge in [-0.25, -0.2) is 4.39 Å². The van der Waals surface area contributed by atoms with Crippen molar-refractivity contribution in [1.82, 2.24) is 10.6 Å². The van der Waals surface area contributed by atoms with E-state index < -0.39 is 53.9 Å². The fourth-order valence-corrected chi connectivity index (χ4v) is 3.71. The second kappa shape index (κ2) is 10.6. The number of amides is 2. The molecule has 1 fully saturated rings. The number of aliphatic carboxylic acids is 1. The van der Waals surface area contributed by atoms with Gasteiger partial charge in [-0.05, 0) is 38.0 Å². The standard InChI is InChI=1S/C21H25FN2O7/c1-11(23-20(29)12-6-7-17(31-2)16(22)8-12)19(28)14-4-3-5-15(14)21(30)24-13(10-25)9-18(26)27/h6-8,10-11,13-15H,3-5,9H2,1-2H3,(H,23,29)(H,24,30)(H,26,27)/t11?,13?,14?,15-/m1/s1. The molecule has 3 unspecified atom stereocenters. The second-order valence-electron chi connectivity index (χ2n) is 7.44. The van der Waals surface area contributed by atoms with Gasteiger partial charge in [-0.1, -0.05) is 6.42 Å². The summed E-state index contributed by atoms with van der Waals surface area (Å²) in [5, 5.41) is 13.7. The van der Waals surface area contributed by atoms with Crippen LogP contribution in [0.15, 0.2) is 18.2 Å². The van der Waals surface area contributed by atoms with Crippen LogP contribution in [0.4, 0.5) is 4.39 Å². The maximum Gasteiger partial charge on any atom is 0.305 e. The quantitative estimate of drug-likeness (QED) is 0.467. The van der Waals surface area contributed by atoms with Crippen molar-refractivity contribution >= 4 is 29.9 Å². The second-order valence-corrected chi connectivity index (χ2v) is 7.44. The Morgan fingerprint density at radius 2 is 1.90 bits per heavy atom. The topological polar surface area (TPSA) is 139 Å². The van der Waals surface area contributed by atoms with E-state index in [4.69, 9.17) is 9.84 Å². The zero-order valence-electron chi connectivity index (χ0n) is 17.2. The van der Waals surface area contributed by atoms with Crippen LogP contribution < -0.4 is 15.4 Å². The minimum atomic E-state index is -1.23. The number of nitrogens with one attached hydrogen (secondary N) is 2. The summed E-state index contributed by atoms with van der Waals surface area (Å²) in [4.78, 5) is 59.6. The Morgan fingerprint density at radius 3 is 2.48 bits per heavy atom. The zero-order chi connectivity index (χ0) is 23.1. The molecule has 1 aromatic rings. The lowest BCUT2D eigenvalue weighted by molar-refractivity contribution is -0.139. The summed E-state index contributed by atoms with van der Waals surface area (Å²) in [6.07, 6.45) is 1.23. The molecule has 4 atom stereocenters. The van der Waals surface area contributed by atoms with Gasteiger partial charge in [0.05, 0.1) is 25.6 Å². The van der Waals surface area contributed by atoms with E-state index in [0.29, 0.717) is 25.5 Å². The third-order valence-electron chi connectivity index (χ3n) is 5.29. The number of halogens is 1. The fourth-order valence-electron chi connectivity index (χ4n) is 3.71. The summed E-state index contributed by atoms with van der Waals surface area (Å²) in [5.74, 6) is -4.94. The molecule has 1 aliphatic rings.